The first-order valence-electron chi connectivity index (χ1n) is 9.51. The Morgan fingerprint density at radius 2 is 1.86 bits per heavy atom. The quantitative estimate of drug-likeness (QED) is 0.288. The minimum absolute atomic E-state index is 0.407. The molecule has 148 valence electrons. The first kappa shape index (κ1) is 19.8. The molecule has 0 spiro atoms. The molecule has 28 heavy (non-hydrogen) atoms. The number of anilines is 1. The van der Waals surface area contributed by atoms with E-state index in [4.69, 9.17) is 9.57 Å². The lowest BCUT2D eigenvalue weighted by atomic mass is 10.2. The van der Waals surface area contributed by atoms with Gasteiger partial charge < -0.3 is 14.5 Å². The summed E-state index contributed by atoms with van der Waals surface area (Å²) < 4.78 is 5.86. The van der Waals surface area contributed by atoms with Crippen LogP contribution in [0, 0.1) is 6.92 Å². The summed E-state index contributed by atoms with van der Waals surface area (Å²) in [6.45, 7) is 11.4. The van der Waals surface area contributed by atoms with Crippen LogP contribution >= 0.6 is 0 Å². The van der Waals surface area contributed by atoms with Gasteiger partial charge in [0.05, 0.1) is 11.9 Å². The number of nitrogens with zero attached hydrogens (tertiary/aromatic N) is 5. The normalized spacial score (nSPS) is 15.0. The molecule has 3 rings (SSSR count). The Morgan fingerprint density at radius 3 is 2.54 bits per heavy atom. The van der Waals surface area contributed by atoms with Crippen LogP contribution in [0.4, 0.5) is 5.82 Å². The van der Waals surface area contributed by atoms with Crippen LogP contribution in [-0.2, 0) is 4.84 Å². The highest BCUT2D eigenvalue weighted by molar-refractivity contribution is 5.79. The van der Waals surface area contributed by atoms with E-state index >= 15 is 0 Å². The molecule has 1 aliphatic heterocycles. The van der Waals surface area contributed by atoms with Crippen molar-refractivity contribution in [1.29, 1.82) is 0 Å². The second kappa shape index (κ2) is 10.4. The Labute approximate surface area is 166 Å². The van der Waals surface area contributed by atoms with Crippen molar-refractivity contribution in [1.82, 2.24) is 15.1 Å². The van der Waals surface area contributed by atoms with Crippen molar-refractivity contribution in [2.75, 3.05) is 50.8 Å². The van der Waals surface area contributed by atoms with E-state index in [1.807, 2.05) is 43.3 Å². The molecule has 0 amide bonds. The van der Waals surface area contributed by atoms with Crippen LogP contribution < -0.4 is 9.64 Å². The van der Waals surface area contributed by atoms with Crippen molar-refractivity contribution in [2.45, 2.75) is 6.92 Å². The number of oxime groups is 1. The highest BCUT2D eigenvalue weighted by atomic mass is 16.6. The molecule has 7 heteroatoms. The van der Waals surface area contributed by atoms with Gasteiger partial charge in [0.1, 0.15) is 19.0 Å². The molecule has 7 nitrogen and oxygen atoms in total. The van der Waals surface area contributed by atoms with Gasteiger partial charge in [0.25, 0.3) is 0 Å². The van der Waals surface area contributed by atoms with Crippen molar-refractivity contribution in [3.8, 4) is 5.75 Å². The van der Waals surface area contributed by atoms with Gasteiger partial charge in [0.2, 0.25) is 0 Å². The lowest BCUT2D eigenvalue weighted by Gasteiger charge is -2.35. The second-order valence-electron chi connectivity index (χ2n) is 6.60. The summed E-state index contributed by atoms with van der Waals surface area (Å²) in [6.07, 6.45) is 3.33. The second-order valence-corrected chi connectivity index (χ2v) is 6.60. The molecule has 1 aromatic heterocycles. The summed E-state index contributed by atoms with van der Waals surface area (Å²) in [6, 6.07) is 11.9. The van der Waals surface area contributed by atoms with Gasteiger partial charge >= 0.3 is 0 Å². The van der Waals surface area contributed by atoms with Gasteiger partial charge in [-0.3, -0.25) is 4.90 Å². The fourth-order valence-corrected chi connectivity index (χ4v) is 2.90. The molecule has 0 aliphatic carbocycles. The van der Waals surface area contributed by atoms with Crippen molar-refractivity contribution in [3.05, 3.63) is 60.3 Å². The van der Waals surface area contributed by atoms with Gasteiger partial charge in [-0.15, -0.1) is 5.10 Å². The molecule has 1 aromatic carbocycles. The topological polar surface area (TPSA) is 63.1 Å². The Balaban J connectivity index is 1.36. The number of piperazine rings is 1. The maximum atomic E-state index is 5.86. The standard InChI is InChI=1S/C21H27N5O2/c1-3-15-28-22-17-19-5-7-20(8-6-19)27-16-14-25-10-12-26(13-11-25)21-9-4-18(2)23-24-21/h3-9,17H,1,10-16H2,2H3. The largest absolute Gasteiger partial charge is 0.492 e. The number of hydrogen-bond acceptors (Lipinski definition) is 7. The molecule has 0 N–H and O–H groups in total. The summed E-state index contributed by atoms with van der Waals surface area (Å²) in [5.41, 5.74) is 1.91. The fraction of sp³-hybridized carbons (Fsp3) is 0.381. The Morgan fingerprint density at radius 1 is 1.07 bits per heavy atom. The molecular formula is C21H27N5O2. The van der Waals surface area contributed by atoms with Crippen LogP contribution in [0.3, 0.4) is 0 Å². The number of rotatable bonds is 9. The molecule has 1 aliphatic rings. The van der Waals surface area contributed by atoms with Gasteiger partial charge in [-0.05, 0) is 48.9 Å². The van der Waals surface area contributed by atoms with Crippen LogP contribution in [0.5, 0.6) is 5.75 Å². The van der Waals surface area contributed by atoms with E-state index in [2.05, 4.69) is 31.7 Å². The van der Waals surface area contributed by atoms with E-state index in [0.29, 0.717) is 13.2 Å². The predicted molar refractivity (Wildman–Crippen MR) is 111 cm³/mol. The van der Waals surface area contributed by atoms with Gasteiger partial charge in [0, 0.05) is 32.7 Å². The summed E-state index contributed by atoms with van der Waals surface area (Å²) in [7, 11) is 0. The molecular weight excluding hydrogens is 354 g/mol. The average Bonchev–Trinajstić information content (AvgIpc) is 2.73. The van der Waals surface area contributed by atoms with E-state index in [9.17, 15) is 0 Å². The third-order valence-electron chi connectivity index (χ3n) is 4.51. The third kappa shape index (κ3) is 6.06. The minimum Gasteiger partial charge on any atom is -0.492 e. The number of aromatic nitrogens is 2. The lowest BCUT2D eigenvalue weighted by molar-refractivity contribution is 0.176. The van der Waals surface area contributed by atoms with E-state index in [-0.39, 0.29) is 0 Å². The molecule has 0 saturated carbocycles. The van der Waals surface area contributed by atoms with Gasteiger partial charge in [-0.1, -0.05) is 17.8 Å². The molecule has 2 heterocycles. The number of aryl methyl sites for hydroxylation is 1. The van der Waals surface area contributed by atoms with E-state index < -0.39 is 0 Å². The van der Waals surface area contributed by atoms with Crippen molar-refractivity contribution in [2.24, 2.45) is 5.16 Å². The molecule has 0 atom stereocenters. The highest BCUT2D eigenvalue weighted by Gasteiger charge is 2.18. The summed E-state index contributed by atoms with van der Waals surface area (Å²) in [5.74, 6) is 1.82. The minimum atomic E-state index is 0.407. The summed E-state index contributed by atoms with van der Waals surface area (Å²) in [4.78, 5) is 9.69. The van der Waals surface area contributed by atoms with Crippen LogP contribution in [0.2, 0.25) is 0 Å². The van der Waals surface area contributed by atoms with Crippen LogP contribution in [-0.4, -0.2) is 67.2 Å². The molecule has 0 bridgehead atoms. The maximum absolute atomic E-state index is 5.86. The van der Waals surface area contributed by atoms with Crippen LogP contribution in [0.15, 0.2) is 54.2 Å². The number of benzene rings is 1. The number of ether oxygens (including phenoxy) is 1. The first-order chi connectivity index (χ1) is 13.7. The molecule has 0 unspecified atom stereocenters. The maximum Gasteiger partial charge on any atom is 0.151 e. The van der Waals surface area contributed by atoms with Crippen molar-refractivity contribution >= 4 is 12.0 Å². The van der Waals surface area contributed by atoms with E-state index in [1.165, 1.54) is 0 Å². The van der Waals surface area contributed by atoms with Crippen LogP contribution in [0.1, 0.15) is 11.3 Å². The van der Waals surface area contributed by atoms with Gasteiger partial charge in [-0.2, -0.15) is 5.10 Å². The fourth-order valence-electron chi connectivity index (χ4n) is 2.90. The first-order valence-corrected chi connectivity index (χ1v) is 9.51. The van der Waals surface area contributed by atoms with Crippen LogP contribution in [0.25, 0.3) is 0 Å². The lowest BCUT2D eigenvalue weighted by Crippen LogP contribution is -2.47. The Bertz CT molecular complexity index is 753. The zero-order valence-electron chi connectivity index (χ0n) is 16.3. The highest BCUT2D eigenvalue weighted by Crippen LogP contribution is 2.14. The van der Waals surface area contributed by atoms with Gasteiger partial charge in [0.15, 0.2) is 5.82 Å². The van der Waals surface area contributed by atoms with E-state index in [0.717, 1.165) is 55.5 Å². The molecule has 1 fully saturated rings. The molecule has 1 saturated heterocycles. The Hall–Kier alpha value is -2.93. The number of hydrogen-bond donors (Lipinski definition) is 0. The van der Waals surface area contributed by atoms with Crippen molar-refractivity contribution < 1.29 is 9.57 Å². The summed E-state index contributed by atoms with van der Waals surface area (Å²) in [5, 5.41) is 12.3. The van der Waals surface area contributed by atoms with Crippen molar-refractivity contribution in [3.63, 3.8) is 0 Å². The van der Waals surface area contributed by atoms with Gasteiger partial charge in [-0.25, -0.2) is 0 Å². The zero-order valence-corrected chi connectivity index (χ0v) is 16.3. The van der Waals surface area contributed by atoms with E-state index in [1.54, 1.807) is 12.3 Å². The average molecular weight is 381 g/mol. The smallest absolute Gasteiger partial charge is 0.151 e. The Kier molecular flexibility index (Phi) is 7.37. The summed E-state index contributed by atoms with van der Waals surface area (Å²) >= 11 is 0. The predicted octanol–water partition coefficient (Wildman–Crippen LogP) is 2.52. The molecule has 2 aromatic rings. The zero-order chi connectivity index (χ0) is 19.6. The third-order valence-corrected chi connectivity index (χ3v) is 4.51. The SMILES string of the molecule is C=CCON=Cc1ccc(OCCN2CCN(c3ccc(C)nn3)CC2)cc1. The monoisotopic (exact) mass is 381 g/mol. The molecule has 0 radical (unpaired) electrons.